The molecule has 3 N–H and O–H groups in total. The molecule has 4 nitrogen and oxygen atoms in total. The molecule has 0 aliphatic rings. The highest BCUT2D eigenvalue weighted by atomic mass is 32.2. The SMILES string of the molecule is C=CCC(C)CCS(=O)(=O)OC.N. The topological polar surface area (TPSA) is 78.4 Å². The van der Waals surface area contributed by atoms with Crippen LogP contribution < -0.4 is 6.15 Å². The highest BCUT2D eigenvalue weighted by Gasteiger charge is 2.10. The van der Waals surface area contributed by atoms with Crippen LogP contribution in [0.4, 0.5) is 0 Å². The smallest absolute Gasteiger partial charge is 0.267 e. The molecule has 0 aliphatic carbocycles. The van der Waals surface area contributed by atoms with Gasteiger partial charge in [-0.05, 0) is 18.8 Å². The van der Waals surface area contributed by atoms with E-state index >= 15 is 0 Å². The van der Waals surface area contributed by atoms with Crippen LogP contribution in [-0.2, 0) is 14.3 Å². The molecule has 0 aliphatic heterocycles. The first-order valence-electron chi connectivity index (χ1n) is 3.91. The lowest BCUT2D eigenvalue weighted by atomic mass is 10.1. The third-order valence-electron chi connectivity index (χ3n) is 1.68. The van der Waals surface area contributed by atoms with Crippen LogP contribution in [0, 0.1) is 5.92 Å². The Kier molecular flexibility index (Phi) is 8.20. The summed E-state index contributed by atoms with van der Waals surface area (Å²) in [6, 6.07) is 0. The molecule has 0 spiro atoms. The van der Waals surface area contributed by atoms with Crippen LogP contribution in [0.15, 0.2) is 12.7 Å². The van der Waals surface area contributed by atoms with E-state index in [1.165, 1.54) is 7.11 Å². The lowest BCUT2D eigenvalue weighted by Crippen LogP contribution is -2.10. The Hall–Kier alpha value is -0.390. The van der Waals surface area contributed by atoms with Crippen molar-refractivity contribution in [2.75, 3.05) is 12.9 Å². The largest absolute Gasteiger partial charge is 0.344 e. The minimum Gasteiger partial charge on any atom is -0.344 e. The van der Waals surface area contributed by atoms with Crippen LogP contribution in [0.5, 0.6) is 0 Å². The lowest BCUT2D eigenvalue weighted by Gasteiger charge is -2.07. The predicted octanol–water partition coefficient (Wildman–Crippen LogP) is 1.73. The van der Waals surface area contributed by atoms with E-state index in [1.54, 1.807) is 6.08 Å². The van der Waals surface area contributed by atoms with E-state index in [0.717, 1.165) is 6.42 Å². The van der Waals surface area contributed by atoms with Gasteiger partial charge in [-0.1, -0.05) is 13.0 Å². The molecular weight excluding hydrogens is 190 g/mol. The molecule has 0 radical (unpaired) electrons. The van der Waals surface area contributed by atoms with Gasteiger partial charge in [0.05, 0.1) is 12.9 Å². The van der Waals surface area contributed by atoms with Crippen molar-refractivity contribution >= 4 is 10.1 Å². The van der Waals surface area contributed by atoms with Crippen LogP contribution in [0.3, 0.4) is 0 Å². The number of rotatable bonds is 6. The molecule has 0 heterocycles. The summed E-state index contributed by atoms with van der Waals surface area (Å²) in [5, 5.41) is 0. The summed E-state index contributed by atoms with van der Waals surface area (Å²) >= 11 is 0. The Bertz CT molecular complexity index is 224. The molecule has 0 bridgehead atoms. The van der Waals surface area contributed by atoms with Crippen molar-refractivity contribution < 1.29 is 12.6 Å². The Balaban J connectivity index is 0. The monoisotopic (exact) mass is 209 g/mol. The van der Waals surface area contributed by atoms with E-state index in [-0.39, 0.29) is 11.9 Å². The molecule has 1 unspecified atom stereocenters. The minimum absolute atomic E-state index is 0. The third-order valence-corrected chi connectivity index (χ3v) is 2.93. The first-order valence-corrected chi connectivity index (χ1v) is 5.48. The zero-order valence-corrected chi connectivity index (χ0v) is 9.14. The maximum absolute atomic E-state index is 10.9. The molecule has 0 aromatic carbocycles. The number of allylic oxidation sites excluding steroid dienone is 1. The molecular formula is C8H19NO3S. The van der Waals surface area contributed by atoms with Gasteiger partial charge in [0, 0.05) is 0 Å². The molecule has 0 saturated heterocycles. The predicted molar refractivity (Wildman–Crippen MR) is 54.4 cm³/mol. The van der Waals surface area contributed by atoms with Gasteiger partial charge in [0.15, 0.2) is 0 Å². The second-order valence-corrected chi connectivity index (χ2v) is 4.70. The fourth-order valence-corrected chi connectivity index (χ4v) is 1.69. The fraction of sp³-hybridized carbons (Fsp3) is 0.750. The van der Waals surface area contributed by atoms with E-state index in [1.807, 2.05) is 6.92 Å². The zero-order chi connectivity index (χ0) is 9.61. The van der Waals surface area contributed by atoms with Crippen LogP contribution >= 0.6 is 0 Å². The third kappa shape index (κ3) is 7.95. The highest BCUT2D eigenvalue weighted by molar-refractivity contribution is 7.86. The summed E-state index contributed by atoms with van der Waals surface area (Å²) < 4.78 is 26.0. The summed E-state index contributed by atoms with van der Waals surface area (Å²) in [7, 11) is -2.08. The molecule has 0 rings (SSSR count). The number of hydrogen-bond donors (Lipinski definition) is 1. The first kappa shape index (κ1) is 15.1. The van der Waals surface area contributed by atoms with Crippen LogP contribution in [0.2, 0.25) is 0 Å². The van der Waals surface area contributed by atoms with E-state index in [9.17, 15) is 8.42 Å². The van der Waals surface area contributed by atoms with Crippen molar-refractivity contribution in [3.05, 3.63) is 12.7 Å². The molecule has 1 atom stereocenters. The Labute approximate surface area is 80.7 Å². The average molecular weight is 209 g/mol. The number of hydrogen-bond acceptors (Lipinski definition) is 4. The molecule has 0 aromatic heterocycles. The standard InChI is InChI=1S/C8H16O3S.H3N/c1-4-5-8(2)6-7-12(9,10)11-3;/h4,8H,1,5-7H2,2-3H3;1H3. The van der Waals surface area contributed by atoms with E-state index in [2.05, 4.69) is 10.8 Å². The van der Waals surface area contributed by atoms with Crippen molar-refractivity contribution in [1.82, 2.24) is 6.15 Å². The summed E-state index contributed by atoms with van der Waals surface area (Å²) in [6.45, 7) is 5.58. The van der Waals surface area contributed by atoms with Gasteiger partial charge in [0.1, 0.15) is 0 Å². The summed E-state index contributed by atoms with van der Waals surface area (Å²) in [5.41, 5.74) is 0. The van der Waals surface area contributed by atoms with Crippen molar-refractivity contribution in [2.24, 2.45) is 5.92 Å². The minimum atomic E-state index is -3.27. The van der Waals surface area contributed by atoms with Crippen LogP contribution in [-0.4, -0.2) is 21.3 Å². The normalized spacial score (nSPS) is 13.1. The molecule has 0 saturated carbocycles. The summed E-state index contributed by atoms with van der Waals surface area (Å²) in [4.78, 5) is 0. The van der Waals surface area contributed by atoms with Gasteiger partial charge in [-0.2, -0.15) is 8.42 Å². The fourth-order valence-electron chi connectivity index (χ4n) is 0.831. The molecule has 5 heteroatoms. The summed E-state index contributed by atoms with van der Waals surface area (Å²) in [5.74, 6) is 0.450. The van der Waals surface area contributed by atoms with E-state index in [4.69, 9.17) is 0 Å². The summed E-state index contributed by atoms with van der Waals surface area (Å²) in [6.07, 6.45) is 3.27. The van der Waals surface area contributed by atoms with E-state index in [0.29, 0.717) is 12.3 Å². The highest BCUT2D eigenvalue weighted by Crippen LogP contribution is 2.09. The van der Waals surface area contributed by atoms with Crippen molar-refractivity contribution in [3.63, 3.8) is 0 Å². The molecule has 13 heavy (non-hydrogen) atoms. The first-order chi connectivity index (χ1) is 5.52. The van der Waals surface area contributed by atoms with E-state index < -0.39 is 10.1 Å². The van der Waals surface area contributed by atoms with Gasteiger partial charge in [0.2, 0.25) is 0 Å². The van der Waals surface area contributed by atoms with Gasteiger partial charge in [-0.3, -0.25) is 4.18 Å². The molecule has 0 aromatic rings. The maximum Gasteiger partial charge on any atom is 0.267 e. The quantitative estimate of drug-likeness (QED) is 0.533. The molecule has 80 valence electrons. The van der Waals surface area contributed by atoms with Crippen molar-refractivity contribution in [2.45, 2.75) is 19.8 Å². The molecule has 0 fully saturated rings. The van der Waals surface area contributed by atoms with Gasteiger partial charge >= 0.3 is 0 Å². The second-order valence-electron chi connectivity index (χ2n) is 2.85. The average Bonchev–Trinajstić information content (AvgIpc) is 2.02. The van der Waals surface area contributed by atoms with Gasteiger partial charge in [-0.25, -0.2) is 0 Å². The van der Waals surface area contributed by atoms with Crippen LogP contribution in [0.25, 0.3) is 0 Å². The Morgan fingerprint density at radius 1 is 1.54 bits per heavy atom. The Morgan fingerprint density at radius 3 is 2.46 bits per heavy atom. The van der Waals surface area contributed by atoms with Crippen molar-refractivity contribution in [1.29, 1.82) is 0 Å². The van der Waals surface area contributed by atoms with Crippen LogP contribution in [0.1, 0.15) is 19.8 Å². The maximum atomic E-state index is 10.9. The zero-order valence-electron chi connectivity index (χ0n) is 8.32. The lowest BCUT2D eigenvalue weighted by molar-refractivity contribution is 0.393. The van der Waals surface area contributed by atoms with Gasteiger partial charge in [0.25, 0.3) is 10.1 Å². The van der Waals surface area contributed by atoms with Gasteiger partial charge in [-0.15, -0.1) is 6.58 Å². The van der Waals surface area contributed by atoms with Gasteiger partial charge < -0.3 is 6.15 Å². The second kappa shape index (κ2) is 7.06. The van der Waals surface area contributed by atoms with Crippen molar-refractivity contribution in [3.8, 4) is 0 Å². The molecule has 0 amide bonds. The Morgan fingerprint density at radius 2 is 2.08 bits per heavy atom.